The van der Waals surface area contributed by atoms with E-state index in [1.807, 2.05) is 27.2 Å². The lowest BCUT2D eigenvalue weighted by Gasteiger charge is -2.25. The topological polar surface area (TPSA) is 105 Å². The number of carbonyl (C=O) groups is 1. The highest BCUT2D eigenvalue weighted by atomic mass is 31.2. The van der Waals surface area contributed by atoms with Gasteiger partial charge < -0.3 is 19.8 Å². The highest BCUT2D eigenvalue weighted by Gasteiger charge is 2.27. The summed E-state index contributed by atoms with van der Waals surface area (Å²) < 4.78 is 23.0. The number of unbranched alkanes of at least 4 members (excludes halogenated alkanes) is 8. The predicted octanol–water partition coefficient (Wildman–Crippen LogP) is 4.56. The summed E-state index contributed by atoms with van der Waals surface area (Å²) in [5, 5.41) is 13.3. The molecule has 0 spiro atoms. The van der Waals surface area contributed by atoms with E-state index in [0.717, 1.165) is 44.9 Å². The van der Waals surface area contributed by atoms with Gasteiger partial charge in [0.2, 0.25) is 5.91 Å². The molecule has 0 aliphatic carbocycles. The fourth-order valence-electron chi connectivity index (χ4n) is 3.09. The number of hydrogen-bond donors (Lipinski definition) is 3. The second-order valence-electron chi connectivity index (χ2n) is 9.72. The maximum atomic E-state index is 12.4. The zero-order valence-electron chi connectivity index (χ0n) is 21.6. The molecule has 0 aromatic carbocycles. The summed E-state index contributed by atoms with van der Waals surface area (Å²) in [7, 11) is 1.56. The first-order chi connectivity index (χ1) is 15.5. The minimum atomic E-state index is -4.29. The molecule has 0 saturated carbocycles. The van der Waals surface area contributed by atoms with Gasteiger partial charge in [0.15, 0.2) is 0 Å². The van der Waals surface area contributed by atoms with E-state index in [0.29, 0.717) is 17.4 Å². The Kier molecular flexibility index (Phi) is 18.1. The molecular formula is C24H50N2O6P+. The van der Waals surface area contributed by atoms with Crippen molar-refractivity contribution in [1.82, 2.24) is 5.32 Å². The molecule has 3 unspecified atom stereocenters. The molecule has 0 rings (SSSR count). The summed E-state index contributed by atoms with van der Waals surface area (Å²) in [6.45, 7) is 4.57. The van der Waals surface area contributed by atoms with Crippen LogP contribution in [0.1, 0.15) is 84.5 Å². The van der Waals surface area contributed by atoms with Crippen molar-refractivity contribution in [2.75, 3.05) is 40.9 Å². The first-order valence-electron chi connectivity index (χ1n) is 12.6. The number of aliphatic hydroxyl groups is 1. The van der Waals surface area contributed by atoms with Crippen LogP contribution in [0.3, 0.4) is 0 Å². The minimum Gasteiger partial charge on any atom is -0.387 e. The molecule has 33 heavy (non-hydrogen) atoms. The van der Waals surface area contributed by atoms with Crippen LogP contribution in [-0.4, -0.2) is 73.4 Å². The molecule has 0 bridgehead atoms. The number of allylic oxidation sites excluding steroid dienone is 1. The third-order valence-electron chi connectivity index (χ3n) is 5.26. The Bertz CT molecular complexity index is 580. The second kappa shape index (κ2) is 18.6. The van der Waals surface area contributed by atoms with E-state index >= 15 is 0 Å². The van der Waals surface area contributed by atoms with E-state index in [1.165, 1.54) is 19.3 Å². The summed E-state index contributed by atoms with van der Waals surface area (Å²) in [5.41, 5.74) is 0. The lowest BCUT2D eigenvalue weighted by atomic mass is 10.1. The van der Waals surface area contributed by atoms with Gasteiger partial charge in [-0.25, -0.2) is 4.57 Å². The Balaban J connectivity index is 4.76. The smallest absolute Gasteiger partial charge is 0.387 e. The predicted molar refractivity (Wildman–Crippen MR) is 134 cm³/mol. The maximum absolute atomic E-state index is 12.4. The molecular weight excluding hydrogens is 443 g/mol. The second-order valence-corrected chi connectivity index (χ2v) is 11.2. The first-order valence-corrected chi connectivity index (χ1v) is 14.1. The van der Waals surface area contributed by atoms with Gasteiger partial charge in [-0.15, -0.1) is 0 Å². The highest BCUT2D eigenvalue weighted by molar-refractivity contribution is 7.47. The van der Waals surface area contributed by atoms with Gasteiger partial charge in [0.25, 0.3) is 0 Å². The van der Waals surface area contributed by atoms with Crippen molar-refractivity contribution in [2.45, 2.75) is 96.6 Å². The fourth-order valence-corrected chi connectivity index (χ4v) is 3.83. The molecule has 0 fully saturated rings. The molecule has 3 atom stereocenters. The number of hydrogen-bond acceptors (Lipinski definition) is 5. The highest BCUT2D eigenvalue weighted by Crippen LogP contribution is 2.43. The normalized spacial score (nSPS) is 16.0. The summed E-state index contributed by atoms with van der Waals surface area (Å²) >= 11 is 0. The number of rotatable bonds is 21. The summed E-state index contributed by atoms with van der Waals surface area (Å²) in [5.74, 6) is -0.198. The van der Waals surface area contributed by atoms with Crippen molar-refractivity contribution in [3.8, 4) is 0 Å². The number of amides is 1. The summed E-state index contributed by atoms with van der Waals surface area (Å²) in [4.78, 5) is 22.4. The number of nitrogens with one attached hydrogen (secondary N) is 1. The lowest BCUT2D eigenvalue weighted by Crippen LogP contribution is -2.45. The fraction of sp³-hybridized carbons (Fsp3) is 0.875. The van der Waals surface area contributed by atoms with Gasteiger partial charge in [-0.05, 0) is 19.3 Å². The van der Waals surface area contributed by atoms with Crippen LogP contribution in [0.2, 0.25) is 0 Å². The SMILES string of the molecule is CCCCC/C=C/C(O)C(COP(=O)(O)OCC[N+](C)(C)C)NC(=O)CCCCCCCC. The van der Waals surface area contributed by atoms with Gasteiger partial charge >= 0.3 is 7.82 Å². The van der Waals surface area contributed by atoms with E-state index in [2.05, 4.69) is 19.2 Å². The van der Waals surface area contributed by atoms with Crippen LogP contribution in [0.4, 0.5) is 0 Å². The van der Waals surface area contributed by atoms with Crippen LogP contribution < -0.4 is 5.32 Å². The number of phosphoric acid groups is 1. The van der Waals surface area contributed by atoms with Gasteiger partial charge in [0, 0.05) is 6.42 Å². The van der Waals surface area contributed by atoms with Crippen LogP contribution in [0, 0.1) is 0 Å². The largest absolute Gasteiger partial charge is 0.472 e. The van der Waals surface area contributed by atoms with Crippen molar-refractivity contribution in [3.05, 3.63) is 12.2 Å². The Morgan fingerprint density at radius 3 is 2.24 bits per heavy atom. The number of phosphoric ester groups is 1. The molecule has 0 aromatic rings. The molecule has 0 aromatic heterocycles. The molecule has 0 heterocycles. The third kappa shape index (κ3) is 20.3. The molecule has 9 heteroatoms. The Morgan fingerprint density at radius 1 is 1.00 bits per heavy atom. The average Bonchev–Trinajstić information content (AvgIpc) is 2.72. The van der Waals surface area contributed by atoms with Gasteiger partial charge in [0.1, 0.15) is 13.2 Å². The van der Waals surface area contributed by atoms with Crippen LogP contribution in [0.15, 0.2) is 12.2 Å². The van der Waals surface area contributed by atoms with Crippen molar-refractivity contribution in [1.29, 1.82) is 0 Å². The number of likely N-dealkylation sites (N-methyl/N-ethyl adjacent to an activating group) is 1. The number of quaternary nitrogens is 1. The van der Waals surface area contributed by atoms with Crippen LogP contribution in [0.25, 0.3) is 0 Å². The quantitative estimate of drug-likeness (QED) is 0.0937. The monoisotopic (exact) mass is 493 g/mol. The van der Waals surface area contributed by atoms with Crippen molar-refractivity contribution >= 4 is 13.7 Å². The molecule has 0 radical (unpaired) electrons. The molecule has 8 nitrogen and oxygen atoms in total. The Hall–Kier alpha value is -0.760. The van der Waals surface area contributed by atoms with Crippen LogP contribution >= 0.6 is 7.82 Å². The standard InChI is InChI=1S/C24H49N2O6P/c1-6-8-10-12-14-16-18-24(28)25-22(23(27)17-15-13-11-9-7-2)21-32-33(29,30)31-20-19-26(3,4)5/h15,17,22-23,27H,6-14,16,18-21H2,1-5H3,(H-,25,28,29,30)/p+1/b17-15+. The average molecular weight is 494 g/mol. The zero-order chi connectivity index (χ0) is 25.2. The van der Waals surface area contributed by atoms with E-state index < -0.39 is 20.0 Å². The maximum Gasteiger partial charge on any atom is 0.472 e. The van der Waals surface area contributed by atoms with E-state index in [4.69, 9.17) is 9.05 Å². The summed E-state index contributed by atoms with van der Waals surface area (Å²) in [6.07, 6.45) is 13.3. The number of aliphatic hydroxyl groups excluding tert-OH is 1. The van der Waals surface area contributed by atoms with Crippen molar-refractivity contribution in [2.24, 2.45) is 0 Å². The van der Waals surface area contributed by atoms with Gasteiger partial charge in [-0.3, -0.25) is 13.8 Å². The third-order valence-corrected chi connectivity index (χ3v) is 6.24. The van der Waals surface area contributed by atoms with Gasteiger partial charge in [-0.1, -0.05) is 70.9 Å². The molecule has 3 N–H and O–H groups in total. The molecule has 1 amide bonds. The van der Waals surface area contributed by atoms with E-state index in [9.17, 15) is 19.4 Å². The first kappa shape index (κ1) is 32.2. The number of nitrogens with zero attached hydrogens (tertiary/aromatic N) is 1. The minimum absolute atomic E-state index is 0.0617. The molecule has 0 aliphatic rings. The van der Waals surface area contributed by atoms with Crippen LogP contribution in [0.5, 0.6) is 0 Å². The van der Waals surface area contributed by atoms with Crippen molar-refractivity contribution in [3.63, 3.8) is 0 Å². The molecule has 0 aliphatic heterocycles. The van der Waals surface area contributed by atoms with Crippen LogP contribution in [-0.2, 0) is 18.4 Å². The molecule has 196 valence electrons. The van der Waals surface area contributed by atoms with E-state index in [-0.39, 0.29) is 19.1 Å². The Morgan fingerprint density at radius 2 is 1.61 bits per heavy atom. The zero-order valence-corrected chi connectivity index (χ0v) is 22.5. The summed E-state index contributed by atoms with van der Waals surface area (Å²) in [6, 6.07) is -0.831. The van der Waals surface area contributed by atoms with Crippen molar-refractivity contribution < 1.29 is 32.9 Å². The van der Waals surface area contributed by atoms with E-state index in [1.54, 1.807) is 6.08 Å². The number of carbonyl (C=O) groups excluding carboxylic acids is 1. The van der Waals surface area contributed by atoms with Gasteiger partial charge in [0.05, 0.1) is 39.9 Å². The van der Waals surface area contributed by atoms with Gasteiger partial charge in [-0.2, -0.15) is 0 Å². The Labute approximate surface area is 201 Å². The molecule has 0 saturated heterocycles. The lowest BCUT2D eigenvalue weighted by molar-refractivity contribution is -0.870.